The number of esters is 3. The molecule has 1 unspecified atom stereocenters. The van der Waals surface area contributed by atoms with Gasteiger partial charge < -0.3 is 14.2 Å². The number of allylic oxidation sites excluding steroid dienone is 22. The molecule has 0 aliphatic rings. The molecule has 0 bridgehead atoms. The minimum Gasteiger partial charge on any atom is -0.462 e. The predicted molar refractivity (Wildman–Crippen MR) is 325 cm³/mol. The van der Waals surface area contributed by atoms with E-state index in [2.05, 4.69) is 148 Å². The molecular weight excluding hydrogens is 925 g/mol. The molecule has 1 atom stereocenters. The number of rotatable bonds is 54. The number of unbranched alkanes of at least 4 members (excludes halogenated alkanes) is 21. The summed E-state index contributed by atoms with van der Waals surface area (Å²) in [7, 11) is 0. The molecule has 0 radical (unpaired) electrons. The highest BCUT2D eigenvalue weighted by atomic mass is 16.6. The molecule has 0 rings (SSSR count). The number of carbonyl (C=O) groups excluding carboxylic acids is 3. The van der Waals surface area contributed by atoms with E-state index in [1.54, 1.807) is 0 Å². The van der Waals surface area contributed by atoms with Crippen molar-refractivity contribution in [3.63, 3.8) is 0 Å². The van der Waals surface area contributed by atoms with Crippen molar-refractivity contribution in [2.24, 2.45) is 0 Å². The van der Waals surface area contributed by atoms with Gasteiger partial charge in [-0.25, -0.2) is 0 Å². The summed E-state index contributed by atoms with van der Waals surface area (Å²) in [6, 6.07) is 0. The van der Waals surface area contributed by atoms with E-state index < -0.39 is 6.10 Å². The van der Waals surface area contributed by atoms with E-state index in [4.69, 9.17) is 14.2 Å². The van der Waals surface area contributed by atoms with Crippen molar-refractivity contribution in [2.75, 3.05) is 13.2 Å². The van der Waals surface area contributed by atoms with Gasteiger partial charge in [-0.2, -0.15) is 0 Å². The van der Waals surface area contributed by atoms with Gasteiger partial charge in [-0.3, -0.25) is 14.4 Å². The summed E-state index contributed by atoms with van der Waals surface area (Å²) in [6.45, 7) is 6.33. The Kier molecular flexibility index (Phi) is 58.4. The molecule has 0 saturated heterocycles. The highest BCUT2D eigenvalue weighted by Gasteiger charge is 2.19. The maximum atomic E-state index is 12.9. The zero-order valence-corrected chi connectivity index (χ0v) is 48.5. The van der Waals surface area contributed by atoms with Gasteiger partial charge in [0.2, 0.25) is 0 Å². The second-order valence-corrected chi connectivity index (χ2v) is 19.8. The minimum absolute atomic E-state index is 0.111. The van der Waals surface area contributed by atoms with Crippen molar-refractivity contribution in [1.82, 2.24) is 0 Å². The lowest BCUT2D eigenvalue weighted by atomic mass is 10.1. The smallest absolute Gasteiger partial charge is 0.306 e. The van der Waals surface area contributed by atoms with Crippen LogP contribution in [-0.4, -0.2) is 37.2 Å². The van der Waals surface area contributed by atoms with Gasteiger partial charge in [-0.05, 0) is 122 Å². The summed E-state index contributed by atoms with van der Waals surface area (Å²) in [5, 5.41) is 0. The second-order valence-electron chi connectivity index (χ2n) is 19.8. The van der Waals surface area contributed by atoms with Crippen LogP contribution >= 0.6 is 0 Å². The summed E-state index contributed by atoms with van der Waals surface area (Å²) in [5.41, 5.74) is 0. The van der Waals surface area contributed by atoms with E-state index in [0.717, 1.165) is 116 Å². The first-order chi connectivity index (χ1) is 37.0. The number of carbonyl (C=O) groups is 3. The Balaban J connectivity index is 4.44. The van der Waals surface area contributed by atoms with Crippen molar-refractivity contribution in [1.29, 1.82) is 0 Å². The maximum absolute atomic E-state index is 12.9. The monoisotopic (exact) mass is 1040 g/mol. The fourth-order valence-corrected chi connectivity index (χ4v) is 8.10. The Morgan fingerprint density at radius 1 is 0.280 bits per heavy atom. The molecule has 0 aromatic rings. The van der Waals surface area contributed by atoms with Crippen LogP contribution < -0.4 is 0 Å². The largest absolute Gasteiger partial charge is 0.462 e. The average Bonchev–Trinajstić information content (AvgIpc) is 3.41. The van der Waals surface area contributed by atoms with Gasteiger partial charge in [0.25, 0.3) is 0 Å². The maximum Gasteiger partial charge on any atom is 0.306 e. The molecule has 6 heteroatoms. The van der Waals surface area contributed by atoms with Crippen molar-refractivity contribution in [3.05, 3.63) is 134 Å². The van der Waals surface area contributed by atoms with Crippen LogP contribution in [0.15, 0.2) is 134 Å². The average molecular weight is 1040 g/mol. The van der Waals surface area contributed by atoms with Gasteiger partial charge in [0, 0.05) is 19.3 Å². The first-order valence-corrected chi connectivity index (χ1v) is 30.7. The van der Waals surface area contributed by atoms with Crippen LogP contribution in [0.2, 0.25) is 0 Å². The first-order valence-electron chi connectivity index (χ1n) is 30.7. The highest BCUT2D eigenvalue weighted by molar-refractivity contribution is 5.71. The van der Waals surface area contributed by atoms with Gasteiger partial charge in [0.15, 0.2) is 6.10 Å². The van der Waals surface area contributed by atoms with Gasteiger partial charge in [-0.15, -0.1) is 0 Å². The lowest BCUT2D eigenvalue weighted by Crippen LogP contribution is -2.30. The van der Waals surface area contributed by atoms with E-state index in [1.807, 2.05) is 6.08 Å². The lowest BCUT2D eigenvalue weighted by Gasteiger charge is -2.18. The van der Waals surface area contributed by atoms with Crippen LogP contribution in [0.5, 0.6) is 0 Å². The highest BCUT2D eigenvalue weighted by Crippen LogP contribution is 2.14. The third kappa shape index (κ3) is 60.3. The summed E-state index contributed by atoms with van der Waals surface area (Å²) in [5.74, 6) is -1.01. The first kappa shape index (κ1) is 70.5. The Bertz CT molecular complexity index is 1620. The summed E-state index contributed by atoms with van der Waals surface area (Å²) >= 11 is 0. The van der Waals surface area contributed by atoms with Crippen LogP contribution in [0, 0.1) is 0 Å². The zero-order valence-electron chi connectivity index (χ0n) is 48.5. The van der Waals surface area contributed by atoms with E-state index in [-0.39, 0.29) is 37.5 Å². The third-order valence-corrected chi connectivity index (χ3v) is 12.6. The topological polar surface area (TPSA) is 78.9 Å². The molecule has 0 N–H and O–H groups in total. The lowest BCUT2D eigenvalue weighted by molar-refractivity contribution is -0.166. The predicted octanol–water partition coefficient (Wildman–Crippen LogP) is 21.0. The Labute approximate surface area is 462 Å². The van der Waals surface area contributed by atoms with Crippen LogP contribution in [0.25, 0.3) is 0 Å². The Hall–Kier alpha value is -4.45. The van der Waals surface area contributed by atoms with E-state index in [9.17, 15) is 14.4 Å². The van der Waals surface area contributed by atoms with Gasteiger partial charge in [0.05, 0.1) is 0 Å². The molecule has 0 aromatic carbocycles. The standard InChI is InChI=1S/C69H112O6/c1-4-7-10-13-16-19-22-25-27-29-31-33-34-36-37-39-41-44-47-50-53-56-59-62-68(71)74-65-66(64-73-67(70)61-58-55-52-49-46-43-24-21-18-15-12-9-6-3)75-69(72)63-60-57-54-51-48-45-42-40-38-35-32-30-28-26-23-20-17-14-11-8-5-2/h8-9,11-12,17-18,20-22,25-26,28-29,31-32,34-36,43,46,52,55,66H,4-7,10,13-16,19,23-24,27,30,33,37-42,44-45,47-51,53-54,56-65H2,1-3H3/b11-8-,12-9-,20-17-,21-18-,25-22-,28-26-,31-29-,35-32-,36-34-,46-43-,55-52-. The van der Waals surface area contributed by atoms with Crippen molar-refractivity contribution in [2.45, 2.75) is 271 Å². The molecule has 0 saturated carbocycles. The molecule has 0 fully saturated rings. The van der Waals surface area contributed by atoms with E-state index >= 15 is 0 Å². The van der Waals surface area contributed by atoms with Crippen LogP contribution in [0.4, 0.5) is 0 Å². The molecule has 0 spiro atoms. The molecule has 75 heavy (non-hydrogen) atoms. The van der Waals surface area contributed by atoms with Crippen molar-refractivity contribution in [3.8, 4) is 0 Å². The van der Waals surface area contributed by atoms with Gasteiger partial charge in [0.1, 0.15) is 13.2 Å². The summed E-state index contributed by atoms with van der Waals surface area (Å²) in [6.07, 6.45) is 87.5. The SMILES string of the molecule is CC/C=C\C/C=C\C/C=C\C/C=C\CCCCCCCCCCC(=O)OC(COC(=O)CC/C=C\C/C=C\C/C=C\C/C=C\CC)COC(=O)CCCCCCCCCC/C=C\C/C=C\C/C=C\CCCCCCC. The Morgan fingerprint density at radius 2 is 0.547 bits per heavy atom. The molecule has 0 aliphatic heterocycles. The van der Waals surface area contributed by atoms with Crippen molar-refractivity contribution < 1.29 is 28.6 Å². The quantitative estimate of drug-likeness (QED) is 0.0261. The second kappa shape index (κ2) is 62.1. The zero-order chi connectivity index (χ0) is 54.3. The van der Waals surface area contributed by atoms with Crippen LogP contribution in [0.3, 0.4) is 0 Å². The van der Waals surface area contributed by atoms with Gasteiger partial charge in [-0.1, -0.05) is 257 Å². The summed E-state index contributed by atoms with van der Waals surface area (Å²) in [4.78, 5) is 38.2. The molecular formula is C69H112O6. The molecule has 6 nitrogen and oxygen atoms in total. The normalized spacial score (nSPS) is 13.1. The Morgan fingerprint density at radius 3 is 0.893 bits per heavy atom. The van der Waals surface area contributed by atoms with E-state index in [0.29, 0.717) is 19.3 Å². The fraction of sp³-hybridized carbons (Fsp3) is 0.638. The molecule has 0 aliphatic carbocycles. The van der Waals surface area contributed by atoms with Crippen LogP contribution in [-0.2, 0) is 28.6 Å². The fourth-order valence-electron chi connectivity index (χ4n) is 8.10. The van der Waals surface area contributed by atoms with E-state index in [1.165, 1.54) is 103 Å². The number of hydrogen-bond donors (Lipinski definition) is 0. The minimum atomic E-state index is -0.821. The molecule has 0 aromatic heterocycles. The number of ether oxygens (including phenoxy) is 3. The molecule has 424 valence electrons. The van der Waals surface area contributed by atoms with Crippen molar-refractivity contribution >= 4 is 17.9 Å². The number of hydrogen-bond acceptors (Lipinski definition) is 6. The molecule has 0 heterocycles. The molecule has 0 amide bonds. The third-order valence-electron chi connectivity index (χ3n) is 12.6. The van der Waals surface area contributed by atoms with Gasteiger partial charge >= 0.3 is 17.9 Å². The van der Waals surface area contributed by atoms with Crippen LogP contribution in [0.1, 0.15) is 265 Å². The summed E-state index contributed by atoms with van der Waals surface area (Å²) < 4.78 is 16.8.